The Hall–Kier alpha value is -2.77. The summed E-state index contributed by atoms with van der Waals surface area (Å²) in [5.41, 5.74) is 3.56. The van der Waals surface area contributed by atoms with Crippen molar-refractivity contribution in [3.05, 3.63) is 68.7 Å². The molecule has 0 radical (unpaired) electrons. The Bertz CT molecular complexity index is 1020. The number of aryl methyl sites for hydroxylation is 2. The lowest BCUT2D eigenvalue weighted by Crippen LogP contribution is -2.33. The number of carbonyl (C=O) groups excluding carboxylic acids is 3. The van der Waals surface area contributed by atoms with Gasteiger partial charge in [0.25, 0.3) is 11.8 Å². The highest BCUT2D eigenvalue weighted by atomic mass is 32.1. The van der Waals surface area contributed by atoms with Gasteiger partial charge >= 0.3 is 5.97 Å². The Morgan fingerprint density at radius 3 is 2.63 bits per heavy atom. The van der Waals surface area contributed by atoms with Crippen molar-refractivity contribution >= 4 is 40.5 Å². The number of ether oxygens (including phenoxy) is 1. The largest absolute Gasteiger partial charge is 0.451 e. The number of hydrogen-bond donors (Lipinski definition) is 1. The molecule has 2 amide bonds. The molecule has 5 nitrogen and oxygen atoms in total. The summed E-state index contributed by atoms with van der Waals surface area (Å²) in [6, 6.07) is 13.3. The van der Waals surface area contributed by atoms with Gasteiger partial charge in [-0.25, -0.2) is 4.79 Å². The maximum Gasteiger partial charge on any atom is 0.348 e. The van der Waals surface area contributed by atoms with Gasteiger partial charge in [-0.15, -0.1) is 22.7 Å². The van der Waals surface area contributed by atoms with Crippen molar-refractivity contribution < 1.29 is 19.1 Å². The lowest BCUT2D eigenvalue weighted by atomic mass is 9.91. The van der Waals surface area contributed by atoms with Crippen LogP contribution in [0.5, 0.6) is 0 Å². The molecule has 0 spiro atoms. The molecule has 3 aromatic rings. The van der Waals surface area contributed by atoms with Crippen molar-refractivity contribution in [1.29, 1.82) is 0 Å². The van der Waals surface area contributed by atoms with Crippen molar-refractivity contribution in [2.45, 2.75) is 12.8 Å². The van der Waals surface area contributed by atoms with Gasteiger partial charge < -0.3 is 4.74 Å². The van der Waals surface area contributed by atoms with Gasteiger partial charge in [-0.1, -0.05) is 30.3 Å². The zero-order chi connectivity index (χ0) is 18.8. The van der Waals surface area contributed by atoms with Gasteiger partial charge in [0, 0.05) is 4.88 Å². The Morgan fingerprint density at radius 1 is 1.00 bits per heavy atom. The van der Waals surface area contributed by atoms with E-state index >= 15 is 0 Å². The molecule has 0 fully saturated rings. The first kappa shape index (κ1) is 17.6. The molecule has 0 saturated heterocycles. The highest BCUT2D eigenvalue weighted by Crippen LogP contribution is 2.39. The van der Waals surface area contributed by atoms with Crippen LogP contribution < -0.4 is 5.32 Å². The van der Waals surface area contributed by atoms with E-state index in [4.69, 9.17) is 4.74 Å². The summed E-state index contributed by atoms with van der Waals surface area (Å²) in [5, 5.41) is 3.96. The maximum atomic E-state index is 12.3. The average molecular weight is 397 g/mol. The van der Waals surface area contributed by atoms with Crippen LogP contribution in [0.25, 0.3) is 10.4 Å². The van der Waals surface area contributed by atoms with Crippen molar-refractivity contribution in [3.63, 3.8) is 0 Å². The highest BCUT2D eigenvalue weighted by molar-refractivity contribution is 7.17. The molecule has 0 atom stereocenters. The predicted molar refractivity (Wildman–Crippen MR) is 104 cm³/mol. The Balaban J connectivity index is 1.39. The molecule has 27 heavy (non-hydrogen) atoms. The highest BCUT2D eigenvalue weighted by Gasteiger charge is 2.22. The number of carbonyl (C=O) groups is 3. The summed E-state index contributed by atoms with van der Waals surface area (Å²) in [7, 11) is 0. The van der Waals surface area contributed by atoms with Gasteiger partial charge in [0.05, 0.1) is 4.88 Å². The van der Waals surface area contributed by atoms with E-state index < -0.39 is 24.4 Å². The number of esters is 1. The maximum absolute atomic E-state index is 12.3. The van der Waals surface area contributed by atoms with Gasteiger partial charge in [-0.05, 0) is 47.0 Å². The zero-order valence-corrected chi connectivity index (χ0v) is 15.8. The smallest absolute Gasteiger partial charge is 0.348 e. The fourth-order valence-corrected chi connectivity index (χ4v) is 4.79. The molecule has 0 saturated carbocycles. The number of thiophene rings is 2. The number of imide groups is 1. The van der Waals surface area contributed by atoms with Crippen LogP contribution in [0.2, 0.25) is 0 Å². The Kier molecular flexibility index (Phi) is 4.87. The van der Waals surface area contributed by atoms with Gasteiger partial charge in [0.15, 0.2) is 6.61 Å². The molecule has 1 aromatic carbocycles. The van der Waals surface area contributed by atoms with E-state index in [1.165, 1.54) is 28.2 Å². The lowest BCUT2D eigenvalue weighted by Gasteiger charge is -2.15. The molecule has 136 valence electrons. The molecule has 1 N–H and O–H groups in total. The topological polar surface area (TPSA) is 72.5 Å². The average Bonchev–Trinajstić information content (AvgIpc) is 3.35. The molecule has 1 aliphatic carbocycles. The zero-order valence-electron chi connectivity index (χ0n) is 14.2. The number of hydrogen-bond acceptors (Lipinski definition) is 6. The quantitative estimate of drug-likeness (QED) is 0.682. The summed E-state index contributed by atoms with van der Waals surface area (Å²) < 4.78 is 5.08. The Labute approximate surface area is 163 Å². The minimum Gasteiger partial charge on any atom is -0.451 e. The van der Waals surface area contributed by atoms with Crippen LogP contribution in [0.1, 0.15) is 30.5 Å². The number of nitrogens with one attached hydrogen (secondary N) is 1. The summed E-state index contributed by atoms with van der Waals surface area (Å²) in [5.74, 6) is -1.69. The fourth-order valence-electron chi connectivity index (χ4n) is 3.01. The third-order valence-corrected chi connectivity index (χ3v) is 6.33. The first-order chi connectivity index (χ1) is 13.1. The van der Waals surface area contributed by atoms with Gasteiger partial charge in [-0.3, -0.25) is 14.9 Å². The van der Waals surface area contributed by atoms with Gasteiger partial charge in [0.1, 0.15) is 4.88 Å². The summed E-state index contributed by atoms with van der Waals surface area (Å²) in [6.07, 6.45) is 1.83. The van der Waals surface area contributed by atoms with Crippen LogP contribution in [0.15, 0.2) is 47.8 Å². The molecule has 2 heterocycles. The normalized spacial score (nSPS) is 12.0. The monoisotopic (exact) mass is 397 g/mol. The molecular formula is C20H15NO4S2. The van der Waals surface area contributed by atoms with E-state index in [-0.39, 0.29) is 0 Å². The first-order valence-corrected chi connectivity index (χ1v) is 10.1. The van der Waals surface area contributed by atoms with E-state index in [1.807, 2.05) is 18.2 Å². The van der Waals surface area contributed by atoms with Crippen LogP contribution in [-0.4, -0.2) is 24.4 Å². The van der Waals surface area contributed by atoms with Crippen LogP contribution in [0.4, 0.5) is 0 Å². The SMILES string of the molecule is O=C(COC(=O)c1cc2c(s1)-c1ccccc1CC2)NC(=O)c1cccs1. The van der Waals surface area contributed by atoms with E-state index in [9.17, 15) is 14.4 Å². The third kappa shape index (κ3) is 3.70. The number of benzene rings is 1. The molecular weight excluding hydrogens is 382 g/mol. The van der Waals surface area contributed by atoms with Crippen LogP contribution in [0.3, 0.4) is 0 Å². The second-order valence-corrected chi connectivity index (χ2v) is 8.05. The van der Waals surface area contributed by atoms with E-state index in [2.05, 4.69) is 17.4 Å². The first-order valence-electron chi connectivity index (χ1n) is 8.37. The molecule has 1 aliphatic rings. The van der Waals surface area contributed by atoms with Crippen molar-refractivity contribution in [2.75, 3.05) is 6.61 Å². The van der Waals surface area contributed by atoms with Crippen molar-refractivity contribution in [2.24, 2.45) is 0 Å². The van der Waals surface area contributed by atoms with E-state index in [0.717, 1.165) is 28.8 Å². The van der Waals surface area contributed by atoms with Crippen LogP contribution in [0, 0.1) is 0 Å². The standard InChI is InChI=1S/C20H15NO4S2/c22-17(21-19(23)15-6-3-9-26-15)11-25-20(24)16-10-13-8-7-12-4-1-2-5-14(12)18(13)27-16/h1-6,9-10H,7-8,11H2,(H,21,22,23). The third-order valence-electron chi connectivity index (χ3n) is 4.27. The minimum atomic E-state index is -0.645. The fraction of sp³-hybridized carbons (Fsp3) is 0.150. The summed E-state index contributed by atoms with van der Waals surface area (Å²) >= 11 is 2.61. The number of rotatable bonds is 4. The molecule has 0 bridgehead atoms. The number of amides is 2. The van der Waals surface area contributed by atoms with Gasteiger partial charge in [0.2, 0.25) is 0 Å². The second kappa shape index (κ2) is 7.46. The second-order valence-electron chi connectivity index (χ2n) is 6.05. The number of fused-ring (bicyclic) bond motifs is 3. The Morgan fingerprint density at radius 2 is 1.81 bits per heavy atom. The molecule has 4 rings (SSSR count). The van der Waals surface area contributed by atoms with Gasteiger partial charge in [-0.2, -0.15) is 0 Å². The predicted octanol–water partition coefficient (Wildman–Crippen LogP) is 3.69. The van der Waals surface area contributed by atoms with Crippen molar-refractivity contribution in [1.82, 2.24) is 5.32 Å². The molecule has 2 aromatic heterocycles. The summed E-state index contributed by atoms with van der Waals surface area (Å²) in [4.78, 5) is 38.0. The van der Waals surface area contributed by atoms with E-state index in [1.54, 1.807) is 17.5 Å². The summed E-state index contributed by atoms with van der Waals surface area (Å²) in [6.45, 7) is -0.491. The van der Waals surface area contributed by atoms with Crippen molar-refractivity contribution in [3.8, 4) is 10.4 Å². The van der Waals surface area contributed by atoms with E-state index in [0.29, 0.717) is 9.75 Å². The lowest BCUT2D eigenvalue weighted by molar-refractivity contribution is -0.123. The molecule has 7 heteroatoms. The van der Waals surface area contributed by atoms with Crippen LogP contribution in [-0.2, 0) is 22.4 Å². The minimum absolute atomic E-state index is 0.430. The molecule has 0 unspecified atom stereocenters. The molecule has 0 aliphatic heterocycles. The van der Waals surface area contributed by atoms with Crippen LogP contribution >= 0.6 is 22.7 Å².